The standard InChI is InChI=1S/C22H18N2O6/c1-3-12-30-17-10-4-14(5-11-17)13-18-19(25)23-22(28)24(20(18)26)16-8-6-15(7-9-16)21(27)29-2/h3-11,13H,1,12H2,2H3,(H,23,25,28)/b18-13+. The van der Waals surface area contributed by atoms with Gasteiger partial charge < -0.3 is 9.47 Å². The fraction of sp³-hybridized carbons (Fsp3) is 0.0909. The zero-order valence-corrected chi connectivity index (χ0v) is 16.1. The van der Waals surface area contributed by atoms with Crippen molar-refractivity contribution in [2.45, 2.75) is 0 Å². The van der Waals surface area contributed by atoms with Gasteiger partial charge in [0.25, 0.3) is 11.8 Å². The summed E-state index contributed by atoms with van der Waals surface area (Å²) in [6.07, 6.45) is 3.00. The van der Waals surface area contributed by atoms with Crippen LogP contribution in [0.1, 0.15) is 15.9 Å². The van der Waals surface area contributed by atoms with Gasteiger partial charge in [0.2, 0.25) is 0 Å². The third kappa shape index (κ3) is 4.27. The summed E-state index contributed by atoms with van der Waals surface area (Å²) in [4.78, 5) is 49.8. The lowest BCUT2D eigenvalue weighted by Gasteiger charge is -2.26. The normalized spacial score (nSPS) is 15.0. The molecule has 152 valence electrons. The lowest BCUT2D eigenvalue weighted by Crippen LogP contribution is -2.54. The summed E-state index contributed by atoms with van der Waals surface area (Å²) < 4.78 is 10.0. The molecule has 1 fully saturated rings. The molecular weight excluding hydrogens is 388 g/mol. The predicted octanol–water partition coefficient (Wildman–Crippen LogP) is 2.70. The summed E-state index contributed by atoms with van der Waals surface area (Å²) in [5, 5.41) is 2.15. The molecule has 30 heavy (non-hydrogen) atoms. The van der Waals surface area contributed by atoms with E-state index >= 15 is 0 Å². The van der Waals surface area contributed by atoms with Crippen molar-refractivity contribution >= 4 is 35.6 Å². The molecule has 0 unspecified atom stereocenters. The maximum Gasteiger partial charge on any atom is 0.337 e. The molecule has 3 rings (SSSR count). The van der Waals surface area contributed by atoms with Crippen molar-refractivity contribution in [2.75, 3.05) is 18.6 Å². The van der Waals surface area contributed by atoms with Gasteiger partial charge in [0.1, 0.15) is 17.9 Å². The van der Waals surface area contributed by atoms with Gasteiger partial charge in [0.15, 0.2) is 0 Å². The van der Waals surface area contributed by atoms with Crippen LogP contribution >= 0.6 is 0 Å². The number of carbonyl (C=O) groups is 4. The number of carbonyl (C=O) groups excluding carboxylic acids is 4. The van der Waals surface area contributed by atoms with Crippen LogP contribution in [0.5, 0.6) is 5.75 Å². The van der Waals surface area contributed by atoms with Gasteiger partial charge in [0.05, 0.1) is 18.4 Å². The summed E-state index contributed by atoms with van der Waals surface area (Å²) in [5.74, 6) is -1.51. The molecule has 1 saturated heterocycles. The molecule has 2 aromatic carbocycles. The fourth-order valence-corrected chi connectivity index (χ4v) is 2.74. The van der Waals surface area contributed by atoms with Gasteiger partial charge in [0, 0.05) is 0 Å². The fourth-order valence-electron chi connectivity index (χ4n) is 2.74. The Morgan fingerprint density at radius 3 is 2.33 bits per heavy atom. The van der Waals surface area contributed by atoms with Gasteiger partial charge in [-0.25, -0.2) is 14.5 Å². The van der Waals surface area contributed by atoms with Crippen molar-refractivity contribution in [1.29, 1.82) is 0 Å². The van der Waals surface area contributed by atoms with Crippen LogP contribution in [0.2, 0.25) is 0 Å². The summed E-state index contributed by atoms with van der Waals surface area (Å²) in [6.45, 7) is 3.93. The summed E-state index contributed by atoms with van der Waals surface area (Å²) in [5.41, 5.74) is 0.842. The molecule has 0 atom stereocenters. The van der Waals surface area contributed by atoms with Crippen molar-refractivity contribution in [2.24, 2.45) is 0 Å². The Morgan fingerprint density at radius 2 is 1.73 bits per heavy atom. The highest BCUT2D eigenvalue weighted by atomic mass is 16.5. The highest BCUT2D eigenvalue weighted by Crippen LogP contribution is 2.23. The molecule has 0 aliphatic carbocycles. The van der Waals surface area contributed by atoms with E-state index in [4.69, 9.17) is 4.74 Å². The number of urea groups is 1. The molecule has 0 spiro atoms. The minimum Gasteiger partial charge on any atom is -0.490 e. The number of ether oxygens (including phenoxy) is 2. The highest BCUT2D eigenvalue weighted by molar-refractivity contribution is 6.39. The largest absolute Gasteiger partial charge is 0.490 e. The van der Waals surface area contributed by atoms with Gasteiger partial charge in [-0.1, -0.05) is 24.8 Å². The zero-order chi connectivity index (χ0) is 21.7. The summed E-state index contributed by atoms with van der Waals surface area (Å²) in [6, 6.07) is 11.5. The van der Waals surface area contributed by atoms with E-state index in [2.05, 4.69) is 16.6 Å². The number of nitrogens with zero attached hydrogens (tertiary/aromatic N) is 1. The number of hydrogen-bond acceptors (Lipinski definition) is 6. The van der Waals surface area contributed by atoms with Crippen LogP contribution in [0, 0.1) is 0 Å². The van der Waals surface area contributed by atoms with Crippen LogP contribution in [0.4, 0.5) is 10.5 Å². The van der Waals surface area contributed by atoms with Crippen molar-refractivity contribution in [1.82, 2.24) is 5.32 Å². The number of anilines is 1. The molecule has 1 heterocycles. The summed E-state index contributed by atoms with van der Waals surface area (Å²) >= 11 is 0. The Bertz CT molecular complexity index is 1040. The molecule has 8 heteroatoms. The molecule has 0 bridgehead atoms. The zero-order valence-electron chi connectivity index (χ0n) is 16.1. The molecule has 0 saturated carbocycles. The number of nitrogens with one attached hydrogen (secondary N) is 1. The molecule has 4 amide bonds. The second kappa shape index (κ2) is 8.87. The number of benzene rings is 2. The first-order valence-corrected chi connectivity index (χ1v) is 8.88. The smallest absolute Gasteiger partial charge is 0.337 e. The van der Waals surface area contributed by atoms with E-state index in [1.165, 1.54) is 37.5 Å². The average molecular weight is 406 g/mol. The number of esters is 1. The van der Waals surface area contributed by atoms with Crippen LogP contribution in [0.15, 0.2) is 66.8 Å². The van der Waals surface area contributed by atoms with Gasteiger partial charge in [-0.3, -0.25) is 14.9 Å². The van der Waals surface area contributed by atoms with Crippen molar-refractivity contribution in [3.8, 4) is 5.75 Å². The third-order valence-corrected chi connectivity index (χ3v) is 4.21. The molecule has 2 aromatic rings. The molecule has 1 aliphatic heterocycles. The van der Waals surface area contributed by atoms with Gasteiger partial charge in [-0.05, 0) is 48.0 Å². The van der Waals surface area contributed by atoms with Crippen molar-refractivity contribution in [3.63, 3.8) is 0 Å². The van der Waals surface area contributed by atoms with Crippen LogP contribution in [-0.2, 0) is 14.3 Å². The SMILES string of the molecule is C=CCOc1ccc(/C=C2\C(=O)NC(=O)N(c3ccc(C(=O)OC)cc3)C2=O)cc1. The van der Waals surface area contributed by atoms with Crippen LogP contribution < -0.4 is 15.0 Å². The molecule has 0 aromatic heterocycles. The van der Waals surface area contributed by atoms with Gasteiger partial charge >= 0.3 is 12.0 Å². The lowest BCUT2D eigenvalue weighted by atomic mass is 10.1. The number of amides is 4. The maximum absolute atomic E-state index is 12.9. The minimum absolute atomic E-state index is 0.202. The first kappa shape index (κ1) is 20.5. The number of imide groups is 2. The van der Waals surface area contributed by atoms with Crippen molar-refractivity contribution < 1.29 is 28.7 Å². The van der Waals surface area contributed by atoms with Crippen LogP contribution in [0.25, 0.3) is 6.08 Å². The first-order chi connectivity index (χ1) is 14.4. The van der Waals surface area contributed by atoms with Gasteiger partial charge in [-0.15, -0.1) is 0 Å². The van der Waals surface area contributed by atoms with E-state index in [1.54, 1.807) is 30.3 Å². The second-order valence-electron chi connectivity index (χ2n) is 6.17. The van der Waals surface area contributed by atoms with E-state index in [0.29, 0.717) is 17.9 Å². The predicted molar refractivity (Wildman–Crippen MR) is 109 cm³/mol. The number of methoxy groups -OCH3 is 1. The second-order valence-corrected chi connectivity index (χ2v) is 6.17. The summed E-state index contributed by atoms with van der Waals surface area (Å²) in [7, 11) is 1.25. The Labute approximate surface area is 172 Å². The van der Waals surface area contributed by atoms with E-state index in [-0.39, 0.29) is 16.8 Å². The number of rotatable bonds is 6. The maximum atomic E-state index is 12.9. The highest BCUT2D eigenvalue weighted by Gasteiger charge is 2.36. The van der Waals surface area contributed by atoms with Crippen LogP contribution in [0.3, 0.4) is 0 Å². The van der Waals surface area contributed by atoms with Crippen molar-refractivity contribution in [3.05, 3.63) is 77.9 Å². The quantitative estimate of drug-likeness (QED) is 0.343. The Kier molecular flexibility index (Phi) is 6.07. The Hall–Kier alpha value is -4.20. The van der Waals surface area contributed by atoms with E-state index < -0.39 is 23.8 Å². The average Bonchev–Trinajstić information content (AvgIpc) is 2.75. The molecule has 0 radical (unpaired) electrons. The number of hydrogen-bond donors (Lipinski definition) is 1. The molecule has 1 aliphatic rings. The van der Waals surface area contributed by atoms with Crippen LogP contribution in [-0.4, -0.2) is 37.5 Å². The minimum atomic E-state index is -0.874. The monoisotopic (exact) mass is 406 g/mol. The van der Waals surface area contributed by atoms with E-state index in [0.717, 1.165) is 4.90 Å². The molecular formula is C22H18N2O6. The lowest BCUT2D eigenvalue weighted by molar-refractivity contribution is -0.122. The Balaban J connectivity index is 1.87. The van der Waals surface area contributed by atoms with Gasteiger partial charge in [-0.2, -0.15) is 0 Å². The Morgan fingerprint density at radius 1 is 1.07 bits per heavy atom. The van der Waals surface area contributed by atoms with E-state index in [1.807, 2.05) is 0 Å². The number of barbiturate groups is 1. The molecule has 8 nitrogen and oxygen atoms in total. The first-order valence-electron chi connectivity index (χ1n) is 8.88. The van der Waals surface area contributed by atoms with E-state index in [9.17, 15) is 19.2 Å². The topological polar surface area (TPSA) is 102 Å². The third-order valence-electron chi connectivity index (χ3n) is 4.21. The molecule has 1 N–H and O–H groups in total.